The van der Waals surface area contributed by atoms with Gasteiger partial charge in [-0.3, -0.25) is 4.79 Å². The lowest BCUT2D eigenvalue weighted by molar-refractivity contribution is -0.174. The Morgan fingerprint density at radius 2 is 2.12 bits per heavy atom. The van der Waals surface area contributed by atoms with Gasteiger partial charge in [0.05, 0.1) is 10.9 Å². The molecule has 17 heavy (non-hydrogen) atoms. The van der Waals surface area contributed by atoms with Gasteiger partial charge in [-0.05, 0) is 12.1 Å². The molecule has 0 aliphatic heterocycles. The molecule has 1 rings (SSSR count). The highest BCUT2D eigenvalue weighted by molar-refractivity contribution is 7.16. The molecule has 2 nitrogen and oxygen atoms in total. The van der Waals surface area contributed by atoms with E-state index in [0.29, 0.717) is 4.34 Å². The van der Waals surface area contributed by atoms with Crippen LogP contribution in [-0.4, -0.2) is 25.2 Å². The summed E-state index contributed by atoms with van der Waals surface area (Å²) in [7, 11) is 0. The third kappa shape index (κ3) is 6.65. The van der Waals surface area contributed by atoms with Gasteiger partial charge in [-0.25, -0.2) is 0 Å². The zero-order valence-corrected chi connectivity index (χ0v) is 10.3. The van der Waals surface area contributed by atoms with Gasteiger partial charge in [-0.2, -0.15) is 13.2 Å². The number of carbonyl (C=O) groups excluding carboxylic acids is 1. The average molecular weight is 287 g/mol. The topological polar surface area (TPSA) is 26.3 Å². The Labute approximate surface area is 105 Å². The minimum absolute atomic E-state index is 0.0222. The van der Waals surface area contributed by atoms with E-state index in [1.54, 1.807) is 12.1 Å². The summed E-state index contributed by atoms with van der Waals surface area (Å²) in [6, 6.07) is 3.40. The van der Waals surface area contributed by atoms with Crippen LogP contribution in [0.4, 0.5) is 13.2 Å². The zero-order chi connectivity index (χ0) is 12.9. The van der Waals surface area contributed by atoms with E-state index in [1.807, 2.05) is 0 Å². The molecule has 0 amide bonds. The molecule has 0 fully saturated rings. The van der Waals surface area contributed by atoms with Crippen molar-refractivity contribution in [2.45, 2.75) is 19.0 Å². The second-order valence-corrected chi connectivity index (χ2v) is 5.14. The van der Waals surface area contributed by atoms with Crippen molar-refractivity contribution >= 4 is 28.7 Å². The van der Waals surface area contributed by atoms with E-state index in [-0.39, 0.29) is 25.2 Å². The highest BCUT2D eigenvalue weighted by atomic mass is 35.5. The van der Waals surface area contributed by atoms with E-state index >= 15 is 0 Å². The van der Waals surface area contributed by atoms with Crippen LogP contribution >= 0.6 is 22.9 Å². The quantitative estimate of drug-likeness (QED) is 0.748. The van der Waals surface area contributed by atoms with Gasteiger partial charge in [0.1, 0.15) is 12.4 Å². The maximum Gasteiger partial charge on any atom is 0.411 e. The molecule has 0 N–H and O–H groups in total. The van der Waals surface area contributed by atoms with E-state index in [9.17, 15) is 18.0 Å². The summed E-state index contributed by atoms with van der Waals surface area (Å²) < 4.78 is 40.0. The number of thiophene rings is 1. The van der Waals surface area contributed by atoms with Gasteiger partial charge >= 0.3 is 6.18 Å². The molecule has 0 radical (unpaired) electrons. The van der Waals surface area contributed by atoms with E-state index in [4.69, 9.17) is 11.6 Å². The third-order valence-corrected chi connectivity index (χ3v) is 3.02. The smallest absolute Gasteiger partial charge is 0.372 e. The number of hydrogen-bond donors (Lipinski definition) is 0. The predicted octanol–water partition coefficient (Wildman–Crippen LogP) is 3.48. The van der Waals surface area contributed by atoms with Crippen molar-refractivity contribution in [2.24, 2.45) is 0 Å². The fraction of sp³-hybridized carbons (Fsp3) is 0.500. The van der Waals surface area contributed by atoms with Crippen LogP contribution in [0.5, 0.6) is 0 Å². The number of ketones is 1. The van der Waals surface area contributed by atoms with Crippen molar-refractivity contribution in [1.82, 2.24) is 0 Å². The number of rotatable bonds is 6. The van der Waals surface area contributed by atoms with Gasteiger partial charge in [-0.15, -0.1) is 11.3 Å². The molecule has 0 aromatic carbocycles. The Morgan fingerprint density at radius 1 is 1.41 bits per heavy atom. The second-order valence-electron chi connectivity index (χ2n) is 3.34. The molecule has 96 valence electrons. The van der Waals surface area contributed by atoms with Gasteiger partial charge in [0.25, 0.3) is 0 Å². The molecule has 0 unspecified atom stereocenters. The first-order valence-electron chi connectivity index (χ1n) is 4.77. The maximum atomic E-state index is 11.7. The van der Waals surface area contributed by atoms with Crippen LogP contribution in [0.3, 0.4) is 0 Å². The summed E-state index contributed by atoms with van der Waals surface area (Å²) in [5, 5.41) is 0. The van der Waals surface area contributed by atoms with Crippen LogP contribution < -0.4 is 0 Å². The number of halogens is 4. The number of hydrogen-bond acceptors (Lipinski definition) is 3. The molecular weight excluding hydrogens is 277 g/mol. The molecule has 0 atom stereocenters. The first kappa shape index (κ1) is 14.5. The summed E-state index contributed by atoms with van der Waals surface area (Å²) in [6.45, 7) is -1.53. The first-order valence-corrected chi connectivity index (χ1v) is 5.97. The van der Waals surface area contributed by atoms with Crippen molar-refractivity contribution < 1.29 is 22.7 Å². The summed E-state index contributed by atoms with van der Waals surface area (Å²) in [6.07, 6.45) is -4.18. The minimum Gasteiger partial charge on any atom is -0.372 e. The van der Waals surface area contributed by atoms with Crippen LogP contribution in [0.1, 0.15) is 11.3 Å². The van der Waals surface area contributed by atoms with Gasteiger partial charge in [0, 0.05) is 17.7 Å². The normalized spacial score (nSPS) is 11.8. The molecular formula is C10H10ClF3O2S. The van der Waals surface area contributed by atoms with E-state index in [1.165, 1.54) is 11.3 Å². The molecule has 7 heteroatoms. The lowest BCUT2D eigenvalue weighted by atomic mass is 10.2. The lowest BCUT2D eigenvalue weighted by Gasteiger charge is -2.06. The number of alkyl halides is 3. The molecule has 0 aliphatic carbocycles. The fourth-order valence-corrected chi connectivity index (χ4v) is 2.22. The van der Waals surface area contributed by atoms with E-state index in [2.05, 4.69) is 4.74 Å². The summed E-state index contributed by atoms with van der Waals surface area (Å²) in [4.78, 5) is 12.2. The predicted molar refractivity (Wildman–Crippen MR) is 59.5 cm³/mol. The monoisotopic (exact) mass is 286 g/mol. The third-order valence-electron chi connectivity index (χ3n) is 1.79. The average Bonchev–Trinajstić information content (AvgIpc) is 2.57. The van der Waals surface area contributed by atoms with Crippen LogP contribution in [-0.2, 0) is 16.0 Å². The Kier molecular flexibility index (Phi) is 5.42. The number of carbonyl (C=O) groups is 1. The highest BCUT2D eigenvalue weighted by Gasteiger charge is 2.27. The standard InChI is InChI=1S/C10H10ClF3O2S/c11-9-2-1-8(17-9)5-7(15)3-4-16-6-10(12,13)14/h1-2H,3-6H2. The molecule has 1 heterocycles. The zero-order valence-electron chi connectivity index (χ0n) is 8.72. The Hall–Kier alpha value is -0.590. The van der Waals surface area contributed by atoms with Gasteiger partial charge < -0.3 is 4.74 Å². The number of ether oxygens (including phenoxy) is 1. The van der Waals surface area contributed by atoms with Crippen molar-refractivity contribution in [3.05, 3.63) is 21.3 Å². The Morgan fingerprint density at radius 3 is 2.65 bits per heavy atom. The van der Waals surface area contributed by atoms with Crippen LogP contribution in [0.25, 0.3) is 0 Å². The molecule has 0 spiro atoms. The minimum atomic E-state index is -4.34. The van der Waals surface area contributed by atoms with Gasteiger partial charge in [0.2, 0.25) is 0 Å². The largest absolute Gasteiger partial charge is 0.411 e. The second kappa shape index (κ2) is 6.37. The van der Waals surface area contributed by atoms with Crippen LogP contribution in [0.15, 0.2) is 12.1 Å². The van der Waals surface area contributed by atoms with Crippen LogP contribution in [0.2, 0.25) is 4.34 Å². The molecule has 1 aromatic heterocycles. The first-order chi connectivity index (χ1) is 7.87. The summed E-state index contributed by atoms with van der Waals surface area (Å²) >= 11 is 6.96. The Balaban J connectivity index is 2.18. The molecule has 0 saturated heterocycles. The summed E-state index contributed by atoms with van der Waals surface area (Å²) in [5.74, 6) is -0.161. The van der Waals surface area contributed by atoms with Crippen molar-refractivity contribution in [3.8, 4) is 0 Å². The number of Topliss-reactive ketones (excluding diaryl/α,β-unsaturated/α-hetero) is 1. The van der Waals surface area contributed by atoms with E-state index in [0.717, 1.165) is 4.88 Å². The molecule has 1 aromatic rings. The van der Waals surface area contributed by atoms with Crippen molar-refractivity contribution in [1.29, 1.82) is 0 Å². The Bertz CT molecular complexity index is 376. The molecule has 0 bridgehead atoms. The molecule has 0 aliphatic rings. The SMILES string of the molecule is O=C(CCOCC(F)(F)F)Cc1ccc(Cl)s1. The van der Waals surface area contributed by atoms with Crippen molar-refractivity contribution in [3.63, 3.8) is 0 Å². The molecule has 0 saturated carbocycles. The highest BCUT2D eigenvalue weighted by Crippen LogP contribution is 2.22. The van der Waals surface area contributed by atoms with Gasteiger partial charge in [-0.1, -0.05) is 11.6 Å². The van der Waals surface area contributed by atoms with Gasteiger partial charge in [0.15, 0.2) is 0 Å². The maximum absolute atomic E-state index is 11.7. The summed E-state index contributed by atoms with van der Waals surface area (Å²) in [5.41, 5.74) is 0. The fourth-order valence-electron chi connectivity index (χ4n) is 1.10. The van der Waals surface area contributed by atoms with Crippen molar-refractivity contribution in [2.75, 3.05) is 13.2 Å². The van der Waals surface area contributed by atoms with E-state index < -0.39 is 12.8 Å². The lowest BCUT2D eigenvalue weighted by Crippen LogP contribution is -2.18. The van der Waals surface area contributed by atoms with Crippen LogP contribution in [0, 0.1) is 0 Å².